The summed E-state index contributed by atoms with van der Waals surface area (Å²) in [5, 5.41) is 3.12. The molecule has 0 atom stereocenters. The van der Waals surface area contributed by atoms with Crippen molar-refractivity contribution in [3.05, 3.63) is 23.8 Å². The number of rotatable bonds is 2. The summed E-state index contributed by atoms with van der Waals surface area (Å²) < 4.78 is 0. The van der Waals surface area contributed by atoms with E-state index in [2.05, 4.69) is 34.3 Å². The van der Waals surface area contributed by atoms with Gasteiger partial charge in [0.1, 0.15) is 0 Å². The zero-order valence-corrected chi connectivity index (χ0v) is 12.2. The van der Waals surface area contributed by atoms with E-state index in [1.165, 1.54) is 11.3 Å². The highest BCUT2D eigenvalue weighted by molar-refractivity contribution is 5.93. The molecule has 0 unspecified atom stereocenters. The van der Waals surface area contributed by atoms with Crippen LogP contribution in [0.15, 0.2) is 23.2 Å². The Hall–Kier alpha value is -1.71. The Morgan fingerprint density at radius 2 is 1.89 bits per heavy atom. The van der Waals surface area contributed by atoms with Gasteiger partial charge in [0.05, 0.1) is 5.54 Å². The highest BCUT2D eigenvalue weighted by Crippen LogP contribution is 2.22. The minimum absolute atomic E-state index is 0.174. The molecule has 0 aromatic heterocycles. The highest BCUT2D eigenvalue weighted by Gasteiger charge is 2.09. The van der Waals surface area contributed by atoms with Crippen LogP contribution in [0, 0.1) is 6.92 Å². The molecule has 1 aromatic rings. The third-order valence-corrected chi connectivity index (χ3v) is 2.42. The van der Waals surface area contributed by atoms with Crippen LogP contribution in [0.3, 0.4) is 0 Å². The van der Waals surface area contributed by atoms with Crippen molar-refractivity contribution < 1.29 is 0 Å². The second-order valence-electron chi connectivity index (χ2n) is 5.69. The molecule has 0 bridgehead atoms. The molecule has 0 aliphatic heterocycles. The SMILES string of the molecule is Cc1ccc(NC(N)=NC(C)(C)C)cc1N(C)C. The van der Waals surface area contributed by atoms with Crippen LogP contribution in [0.2, 0.25) is 0 Å². The van der Waals surface area contributed by atoms with Crippen molar-refractivity contribution in [2.24, 2.45) is 10.7 Å². The molecule has 0 aliphatic rings. The standard InChI is InChI=1S/C14H24N4/c1-10-7-8-11(9-12(10)18(5)6)16-13(15)17-14(2,3)4/h7-9H,1-6H3,(H3,15,16,17). The van der Waals surface area contributed by atoms with Gasteiger partial charge in [0.25, 0.3) is 0 Å². The summed E-state index contributed by atoms with van der Waals surface area (Å²) in [6, 6.07) is 6.15. The summed E-state index contributed by atoms with van der Waals surface area (Å²) in [5.74, 6) is 0.441. The van der Waals surface area contributed by atoms with Crippen LogP contribution in [0.5, 0.6) is 0 Å². The van der Waals surface area contributed by atoms with Gasteiger partial charge in [0, 0.05) is 25.5 Å². The van der Waals surface area contributed by atoms with Gasteiger partial charge in [-0.3, -0.25) is 0 Å². The van der Waals surface area contributed by atoms with E-state index in [-0.39, 0.29) is 5.54 Å². The quantitative estimate of drug-likeness (QED) is 0.625. The fourth-order valence-electron chi connectivity index (χ4n) is 1.71. The fraction of sp³-hybridized carbons (Fsp3) is 0.500. The molecule has 0 saturated heterocycles. The number of nitrogens with one attached hydrogen (secondary N) is 1. The molecule has 0 saturated carbocycles. The third kappa shape index (κ3) is 4.28. The first-order valence-corrected chi connectivity index (χ1v) is 6.09. The summed E-state index contributed by atoms with van der Waals surface area (Å²) in [7, 11) is 4.05. The number of anilines is 2. The Bertz CT molecular complexity index is 442. The molecular formula is C14H24N4. The molecule has 1 rings (SSSR count). The van der Waals surface area contributed by atoms with Crippen molar-refractivity contribution in [2.45, 2.75) is 33.2 Å². The maximum Gasteiger partial charge on any atom is 0.193 e. The molecular weight excluding hydrogens is 224 g/mol. The Morgan fingerprint density at radius 3 is 2.39 bits per heavy atom. The molecule has 0 fully saturated rings. The molecule has 0 heterocycles. The third-order valence-electron chi connectivity index (χ3n) is 2.42. The first kappa shape index (κ1) is 14.4. The summed E-state index contributed by atoms with van der Waals surface area (Å²) in [6.07, 6.45) is 0. The summed E-state index contributed by atoms with van der Waals surface area (Å²) in [5.41, 5.74) is 9.06. The molecule has 1 aromatic carbocycles. The zero-order chi connectivity index (χ0) is 13.9. The normalized spacial score (nSPS) is 12.4. The van der Waals surface area contributed by atoms with E-state index in [0.29, 0.717) is 5.96 Å². The van der Waals surface area contributed by atoms with Crippen molar-refractivity contribution >= 4 is 17.3 Å². The predicted octanol–water partition coefficient (Wildman–Crippen LogP) is 2.59. The second-order valence-corrected chi connectivity index (χ2v) is 5.69. The lowest BCUT2D eigenvalue weighted by Gasteiger charge is -2.18. The first-order chi connectivity index (χ1) is 8.19. The van der Waals surface area contributed by atoms with Gasteiger partial charge in [-0.15, -0.1) is 0 Å². The molecule has 0 amide bonds. The number of guanidine groups is 1. The lowest BCUT2D eigenvalue weighted by molar-refractivity contribution is 0.583. The lowest BCUT2D eigenvalue weighted by atomic mass is 10.1. The highest BCUT2D eigenvalue weighted by atomic mass is 15.1. The van der Waals surface area contributed by atoms with Gasteiger partial charge in [0.15, 0.2) is 5.96 Å². The van der Waals surface area contributed by atoms with Crippen LogP contribution >= 0.6 is 0 Å². The number of nitrogens with two attached hydrogens (primary N) is 1. The topological polar surface area (TPSA) is 53.6 Å². The van der Waals surface area contributed by atoms with Gasteiger partial charge in [-0.2, -0.15) is 0 Å². The zero-order valence-electron chi connectivity index (χ0n) is 12.2. The van der Waals surface area contributed by atoms with Crippen molar-refractivity contribution in [1.82, 2.24) is 0 Å². The Morgan fingerprint density at radius 1 is 1.28 bits per heavy atom. The Labute approximate surface area is 110 Å². The predicted molar refractivity (Wildman–Crippen MR) is 80.5 cm³/mol. The minimum atomic E-state index is -0.174. The summed E-state index contributed by atoms with van der Waals surface area (Å²) in [4.78, 5) is 6.45. The fourth-order valence-corrected chi connectivity index (χ4v) is 1.71. The number of aryl methyl sites for hydroxylation is 1. The van der Waals surface area contributed by atoms with Gasteiger partial charge in [-0.25, -0.2) is 4.99 Å². The molecule has 4 heteroatoms. The van der Waals surface area contributed by atoms with Crippen LogP contribution in [0.1, 0.15) is 26.3 Å². The maximum absolute atomic E-state index is 5.88. The van der Waals surface area contributed by atoms with Crippen molar-refractivity contribution in [3.8, 4) is 0 Å². The molecule has 4 nitrogen and oxygen atoms in total. The van der Waals surface area contributed by atoms with E-state index >= 15 is 0 Å². The van der Waals surface area contributed by atoms with Gasteiger partial charge in [-0.1, -0.05) is 6.07 Å². The van der Waals surface area contributed by atoms with Crippen LogP contribution in [-0.4, -0.2) is 25.6 Å². The van der Waals surface area contributed by atoms with Crippen molar-refractivity contribution in [3.63, 3.8) is 0 Å². The molecule has 0 aliphatic carbocycles. The number of benzene rings is 1. The van der Waals surface area contributed by atoms with E-state index in [4.69, 9.17) is 5.73 Å². The van der Waals surface area contributed by atoms with Crippen LogP contribution < -0.4 is 16.0 Å². The average Bonchev–Trinajstić information content (AvgIpc) is 2.17. The summed E-state index contributed by atoms with van der Waals surface area (Å²) >= 11 is 0. The van der Waals surface area contributed by atoms with Crippen LogP contribution in [-0.2, 0) is 0 Å². The Balaban J connectivity index is 2.93. The van der Waals surface area contributed by atoms with E-state index in [1.807, 2.05) is 40.9 Å². The first-order valence-electron chi connectivity index (χ1n) is 6.09. The molecule has 0 radical (unpaired) electrons. The molecule has 18 heavy (non-hydrogen) atoms. The average molecular weight is 248 g/mol. The summed E-state index contributed by atoms with van der Waals surface area (Å²) in [6.45, 7) is 8.14. The second kappa shape index (κ2) is 5.29. The van der Waals surface area contributed by atoms with Crippen molar-refractivity contribution in [1.29, 1.82) is 0 Å². The minimum Gasteiger partial charge on any atom is -0.377 e. The van der Waals surface area contributed by atoms with E-state index in [0.717, 1.165) is 5.69 Å². The molecule has 3 N–H and O–H groups in total. The number of aliphatic imine (C=N–C) groups is 1. The Kier molecular flexibility index (Phi) is 4.22. The number of hydrogen-bond donors (Lipinski definition) is 2. The van der Waals surface area contributed by atoms with Gasteiger partial charge >= 0.3 is 0 Å². The van der Waals surface area contributed by atoms with Gasteiger partial charge in [-0.05, 0) is 45.4 Å². The van der Waals surface area contributed by atoms with E-state index in [1.54, 1.807) is 0 Å². The van der Waals surface area contributed by atoms with Gasteiger partial charge in [0.2, 0.25) is 0 Å². The lowest BCUT2D eigenvalue weighted by Crippen LogP contribution is -2.27. The monoisotopic (exact) mass is 248 g/mol. The van der Waals surface area contributed by atoms with Crippen LogP contribution in [0.4, 0.5) is 11.4 Å². The number of nitrogens with zero attached hydrogens (tertiary/aromatic N) is 2. The van der Waals surface area contributed by atoms with Crippen LogP contribution in [0.25, 0.3) is 0 Å². The van der Waals surface area contributed by atoms with E-state index in [9.17, 15) is 0 Å². The smallest absolute Gasteiger partial charge is 0.193 e. The van der Waals surface area contributed by atoms with Crippen molar-refractivity contribution in [2.75, 3.05) is 24.3 Å². The largest absolute Gasteiger partial charge is 0.377 e. The number of hydrogen-bond acceptors (Lipinski definition) is 2. The molecule has 100 valence electrons. The van der Waals surface area contributed by atoms with E-state index < -0.39 is 0 Å². The molecule has 0 spiro atoms. The maximum atomic E-state index is 5.88. The van der Waals surface area contributed by atoms with Gasteiger partial charge < -0.3 is 16.0 Å².